The lowest BCUT2D eigenvalue weighted by atomic mass is 9.86. The second kappa shape index (κ2) is 9.58. The molecule has 1 saturated heterocycles. The highest BCUT2D eigenvalue weighted by atomic mass is 35.5. The SMILES string of the molecule is O=C(ON1CCNCC1)c1ccc(C(c2ccc(Cl)cc2)c2ccc(Cl)cc2)cn1. The second-order valence-electron chi connectivity index (χ2n) is 7.07. The van der Waals surface area contributed by atoms with E-state index in [2.05, 4.69) is 10.3 Å². The first-order valence-electron chi connectivity index (χ1n) is 9.75. The molecule has 2 aromatic carbocycles. The van der Waals surface area contributed by atoms with Gasteiger partial charge in [0.05, 0.1) is 0 Å². The number of hydrogen-bond donors (Lipinski definition) is 1. The van der Waals surface area contributed by atoms with Gasteiger partial charge in [0.25, 0.3) is 0 Å². The largest absolute Gasteiger partial charge is 0.375 e. The molecule has 0 saturated carbocycles. The number of hydroxylamine groups is 2. The quantitative estimate of drug-likeness (QED) is 0.629. The molecule has 0 atom stereocenters. The van der Waals surface area contributed by atoms with Crippen molar-refractivity contribution >= 4 is 29.2 Å². The van der Waals surface area contributed by atoms with Crippen LogP contribution in [0.3, 0.4) is 0 Å². The summed E-state index contributed by atoms with van der Waals surface area (Å²) in [6.07, 6.45) is 1.72. The molecule has 0 unspecified atom stereocenters. The monoisotopic (exact) mass is 441 g/mol. The fourth-order valence-corrected chi connectivity index (χ4v) is 3.74. The number of piperazine rings is 1. The van der Waals surface area contributed by atoms with Crippen molar-refractivity contribution in [2.75, 3.05) is 26.2 Å². The Hall–Kier alpha value is -2.44. The molecule has 30 heavy (non-hydrogen) atoms. The summed E-state index contributed by atoms with van der Waals surface area (Å²) in [6.45, 7) is 2.92. The third kappa shape index (κ3) is 4.99. The number of carbonyl (C=O) groups excluding carboxylic acids is 1. The van der Waals surface area contributed by atoms with Crippen LogP contribution < -0.4 is 5.32 Å². The molecule has 4 rings (SSSR count). The van der Waals surface area contributed by atoms with Crippen molar-refractivity contribution in [3.05, 3.63) is 99.3 Å². The Kier molecular flexibility index (Phi) is 6.65. The maximum atomic E-state index is 12.4. The van der Waals surface area contributed by atoms with E-state index in [0.717, 1.165) is 29.8 Å². The summed E-state index contributed by atoms with van der Waals surface area (Å²) in [7, 11) is 0. The number of aromatic nitrogens is 1. The molecule has 2 heterocycles. The average Bonchev–Trinajstić information content (AvgIpc) is 2.78. The molecule has 5 nitrogen and oxygen atoms in total. The van der Waals surface area contributed by atoms with Crippen LogP contribution in [0.5, 0.6) is 0 Å². The van der Waals surface area contributed by atoms with Crippen LogP contribution in [0.1, 0.15) is 33.1 Å². The predicted octanol–water partition coefficient (Wildman–Crippen LogP) is 4.55. The lowest BCUT2D eigenvalue weighted by Gasteiger charge is -2.25. The van der Waals surface area contributed by atoms with Crippen LogP contribution in [-0.2, 0) is 4.84 Å². The van der Waals surface area contributed by atoms with Crippen molar-refractivity contribution in [2.45, 2.75) is 5.92 Å². The Labute approximate surface area is 185 Å². The van der Waals surface area contributed by atoms with E-state index in [1.54, 1.807) is 17.3 Å². The Balaban J connectivity index is 1.59. The van der Waals surface area contributed by atoms with E-state index >= 15 is 0 Å². The Morgan fingerprint density at radius 3 is 1.90 bits per heavy atom. The van der Waals surface area contributed by atoms with Gasteiger partial charge in [-0.15, -0.1) is 5.06 Å². The summed E-state index contributed by atoms with van der Waals surface area (Å²) in [5, 5.41) is 6.24. The van der Waals surface area contributed by atoms with Crippen molar-refractivity contribution in [1.29, 1.82) is 0 Å². The van der Waals surface area contributed by atoms with Gasteiger partial charge in [0, 0.05) is 48.3 Å². The Bertz CT molecular complexity index is 941. The molecule has 0 radical (unpaired) electrons. The highest BCUT2D eigenvalue weighted by Gasteiger charge is 2.20. The number of benzene rings is 2. The topological polar surface area (TPSA) is 54.5 Å². The maximum Gasteiger partial charge on any atom is 0.375 e. The van der Waals surface area contributed by atoms with Crippen molar-refractivity contribution in [1.82, 2.24) is 15.4 Å². The van der Waals surface area contributed by atoms with E-state index in [-0.39, 0.29) is 11.6 Å². The number of nitrogens with one attached hydrogen (secondary N) is 1. The van der Waals surface area contributed by atoms with Gasteiger partial charge in [-0.3, -0.25) is 0 Å². The minimum atomic E-state index is -0.446. The molecule has 7 heteroatoms. The molecule has 1 fully saturated rings. The van der Waals surface area contributed by atoms with E-state index < -0.39 is 5.97 Å². The third-order valence-electron chi connectivity index (χ3n) is 5.02. The number of rotatable bonds is 5. The van der Waals surface area contributed by atoms with Gasteiger partial charge in [-0.1, -0.05) is 53.5 Å². The number of hydrogen-bond acceptors (Lipinski definition) is 5. The van der Waals surface area contributed by atoms with Crippen LogP contribution in [0.2, 0.25) is 10.0 Å². The van der Waals surface area contributed by atoms with Gasteiger partial charge in [0.1, 0.15) is 5.69 Å². The summed E-state index contributed by atoms with van der Waals surface area (Å²) in [6, 6.07) is 19.1. The molecule has 3 aromatic rings. The third-order valence-corrected chi connectivity index (χ3v) is 5.53. The van der Waals surface area contributed by atoms with Crippen molar-refractivity contribution in [3.8, 4) is 0 Å². The number of pyridine rings is 1. The van der Waals surface area contributed by atoms with Gasteiger partial charge in [0.15, 0.2) is 0 Å². The highest BCUT2D eigenvalue weighted by Crippen LogP contribution is 2.33. The fraction of sp³-hybridized carbons (Fsp3) is 0.217. The summed E-state index contributed by atoms with van der Waals surface area (Å²) in [5.41, 5.74) is 3.38. The van der Waals surface area contributed by atoms with Crippen LogP contribution in [0, 0.1) is 0 Å². The van der Waals surface area contributed by atoms with Crippen LogP contribution in [0.25, 0.3) is 0 Å². The van der Waals surface area contributed by atoms with E-state index in [1.807, 2.05) is 54.6 Å². The standard InChI is InChI=1S/C23H21Cl2N3O2/c24-19-6-1-16(2-7-19)22(17-3-8-20(25)9-4-17)18-5-10-21(27-15-18)23(29)30-28-13-11-26-12-14-28/h1-10,15,22,26H,11-14H2. The summed E-state index contributed by atoms with van der Waals surface area (Å²) in [5.74, 6) is -0.511. The molecule has 1 N–H and O–H groups in total. The minimum Gasteiger partial charge on any atom is -0.363 e. The maximum absolute atomic E-state index is 12.4. The molecule has 1 aromatic heterocycles. The predicted molar refractivity (Wildman–Crippen MR) is 118 cm³/mol. The van der Waals surface area contributed by atoms with Crippen molar-refractivity contribution in [2.24, 2.45) is 0 Å². The van der Waals surface area contributed by atoms with Gasteiger partial charge in [-0.25, -0.2) is 9.78 Å². The molecular formula is C23H21Cl2N3O2. The minimum absolute atomic E-state index is 0.0646. The fourth-order valence-electron chi connectivity index (χ4n) is 3.48. The zero-order chi connectivity index (χ0) is 20.9. The normalized spacial score (nSPS) is 14.6. The van der Waals surface area contributed by atoms with E-state index in [0.29, 0.717) is 23.1 Å². The van der Waals surface area contributed by atoms with Gasteiger partial charge < -0.3 is 10.2 Å². The van der Waals surface area contributed by atoms with Crippen LogP contribution in [0.4, 0.5) is 0 Å². The van der Waals surface area contributed by atoms with E-state index in [1.165, 1.54) is 0 Å². The molecule has 0 aliphatic carbocycles. The zero-order valence-electron chi connectivity index (χ0n) is 16.2. The number of halogens is 2. The van der Waals surface area contributed by atoms with Gasteiger partial charge in [-0.2, -0.15) is 0 Å². The first kappa shape index (κ1) is 20.8. The molecule has 1 aliphatic heterocycles. The number of nitrogens with zero attached hydrogens (tertiary/aromatic N) is 2. The first-order valence-corrected chi connectivity index (χ1v) is 10.5. The molecule has 0 bridgehead atoms. The summed E-state index contributed by atoms with van der Waals surface area (Å²) in [4.78, 5) is 22.3. The number of carbonyl (C=O) groups is 1. The summed E-state index contributed by atoms with van der Waals surface area (Å²) >= 11 is 12.2. The van der Waals surface area contributed by atoms with Crippen molar-refractivity contribution < 1.29 is 9.63 Å². The highest BCUT2D eigenvalue weighted by molar-refractivity contribution is 6.30. The summed E-state index contributed by atoms with van der Waals surface area (Å²) < 4.78 is 0. The smallest absolute Gasteiger partial charge is 0.363 e. The van der Waals surface area contributed by atoms with Gasteiger partial charge in [0.2, 0.25) is 0 Å². The van der Waals surface area contributed by atoms with Crippen LogP contribution in [0.15, 0.2) is 66.9 Å². The Morgan fingerprint density at radius 2 is 1.40 bits per heavy atom. The van der Waals surface area contributed by atoms with Gasteiger partial charge in [-0.05, 0) is 47.0 Å². The molecular weight excluding hydrogens is 421 g/mol. The zero-order valence-corrected chi connectivity index (χ0v) is 17.7. The van der Waals surface area contributed by atoms with E-state index in [9.17, 15) is 4.79 Å². The Morgan fingerprint density at radius 1 is 0.867 bits per heavy atom. The van der Waals surface area contributed by atoms with E-state index in [4.69, 9.17) is 28.0 Å². The first-order chi connectivity index (χ1) is 14.6. The molecule has 1 aliphatic rings. The average molecular weight is 442 g/mol. The second-order valence-corrected chi connectivity index (χ2v) is 7.94. The van der Waals surface area contributed by atoms with Crippen LogP contribution >= 0.6 is 23.2 Å². The van der Waals surface area contributed by atoms with Crippen molar-refractivity contribution in [3.63, 3.8) is 0 Å². The van der Waals surface area contributed by atoms with Gasteiger partial charge >= 0.3 is 5.97 Å². The molecule has 154 valence electrons. The van der Waals surface area contributed by atoms with Crippen LogP contribution in [-0.4, -0.2) is 42.2 Å². The molecule has 0 amide bonds. The lowest BCUT2D eigenvalue weighted by molar-refractivity contribution is -0.115. The molecule has 0 spiro atoms. The lowest BCUT2D eigenvalue weighted by Crippen LogP contribution is -2.44.